The van der Waals surface area contributed by atoms with E-state index in [0.717, 1.165) is 6.07 Å². The van der Waals surface area contributed by atoms with E-state index in [0.29, 0.717) is 13.0 Å². The quantitative estimate of drug-likeness (QED) is 0.560. The number of hydrogen-bond donors (Lipinski definition) is 0. The van der Waals surface area contributed by atoms with Crippen molar-refractivity contribution < 1.29 is 13.6 Å². The molecule has 86 valence electrons. The predicted octanol–water partition coefficient (Wildman–Crippen LogP) is 3.23. The Hall–Kier alpha value is -0.490. The monoisotopic (exact) mass is 353 g/mol. The Morgan fingerprint density at radius 1 is 1.38 bits per heavy atom. The standard InChI is InChI=1S/C10H7Br2F2NO/c11-5-3-8(16)15(4-5)7-2-1-6(13)9(12)10(7)14/h1-2,5H,3-4H2. The Morgan fingerprint density at radius 3 is 2.62 bits per heavy atom. The maximum absolute atomic E-state index is 13.7. The first-order valence-corrected chi connectivity index (χ1v) is 6.29. The summed E-state index contributed by atoms with van der Waals surface area (Å²) in [5, 5.41) is 0. The first-order chi connectivity index (χ1) is 7.50. The minimum absolute atomic E-state index is 0.0169. The molecule has 1 aliphatic rings. The van der Waals surface area contributed by atoms with Crippen molar-refractivity contribution in [1.29, 1.82) is 0 Å². The van der Waals surface area contributed by atoms with E-state index in [-0.39, 0.29) is 20.9 Å². The van der Waals surface area contributed by atoms with E-state index >= 15 is 0 Å². The molecule has 2 nitrogen and oxygen atoms in total. The van der Waals surface area contributed by atoms with Crippen LogP contribution in [0.4, 0.5) is 14.5 Å². The van der Waals surface area contributed by atoms with E-state index in [2.05, 4.69) is 31.9 Å². The lowest BCUT2D eigenvalue weighted by atomic mass is 10.2. The lowest BCUT2D eigenvalue weighted by Crippen LogP contribution is -2.25. The molecule has 1 saturated heterocycles. The summed E-state index contributed by atoms with van der Waals surface area (Å²) in [4.78, 5) is 12.9. The van der Waals surface area contributed by atoms with Crippen molar-refractivity contribution in [2.75, 3.05) is 11.4 Å². The van der Waals surface area contributed by atoms with Gasteiger partial charge in [-0.1, -0.05) is 15.9 Å². The van der Waals surface area contributed by atoms with Gasteiger partial charge in [0.05, 0.1) is 10.2 Å². The van der Waals surface area contributed by atoms with Gasteiger partial charge in [-0.15, -0.1) is 0 Å². The van der Waals surface area contributed by atoms with Crippen molar-refractivity contribution in [3.8, 4) is 0 Å². The van der Waals surface area contributed by atoms with Crippen LogP contribution in [0.1, 0.15) is 6.42 Å². The molecule has 1 fully saturated rings. The molecule has 1 aliphatic heterocycles. The Balaban J connectivity index is 2.42. The molecule has 1 aromatic carbocycles. The fourth-order valence-electron chi connectivity index (χ4n) is 1.62. The highest BCUT2D eigenvalue weighted by molar-refractivity contribution is 9.10. The second-order valence-corrected chi connectivity index (χ2v) is 5.59. The van der Waals surface area contributed by atoms with Crippen LogP contribution in [0, 0.1) is 11.6 Å². The minimum atomic E-state index is -0.741. The van der Waals surface area contributed by atoms with Gasteiger partial charge in [-0.25, -0.2) is 8.78 Å². The highest BCUT2D eigenvalue weighted by Crippen LogP contribution is 2.32. The number of carbonyl (C=O) groups is 1. The Bertz CT molecular complexity index is 453. The molecule has 0 aliphatic carbocycles. The van der Waals surface area contributed by atoms with Crippen LogP contribution in [0.15, 0.2) is 16.6 Å². The van der Waals surface area contributed by atoms with Crippen molar-refractivity contribution in [2.45, 2.75) is 11.2 Å². The zero-order chi connectivity index (χ0) is 11.9. The van der Waals surface area contributed by atoms with Gasteiger partial charge in [0.15, 0.2) is 5.82 Å². The minimum Gasteiger partial charge on any atom is -0.308 e. The molecule has 1 aromatic rings. The highest BCUT2D eigenvalue weighted by atomic mass is 79.9. The predicted molar refractivity (Wildman–Crippen MR) is 63.7 cm³/mol. The lowest BCUT2D eigenvalue weighted by Gasteiger charge is -2.17. The summed E-state index contributed by atoms with van der Waals surface area (Å²) < 4.78 is 26.5. The van der Waals surface area contributed by atoms with Gasteiger partial charge in [-0.2, -0.15) is 0 Å². The van der Waals surface area contributed by atoms with E-state index in [1.165, 1.54) is 11.0 Å². The van der Waals surface area contributed by atoms with Gasteiger partial charge in [-0.3, -0.25) is 4.79 Å². The van der Waals surface area contributed by atoms with Gasteiger partial charge in [0.1, 0.15) is 5.82 Å². The van der Waals surface area contributed by atoms with Gasteiger partial charge in [0.2, 0.25) is 5.91 Å². The molecule has 0 aromatic heterocycles. The van der Waals surface area contributed by atoms with E-state index < -0.39 is 11.6 Å². The summed E-state index contributed by atoms with van der Waals surface area (Å²) in [6, 6.07) is 2.41. The number of alkyl halides is 1. The van der Waals surface area contributed by atoms with Crippen molar-refractivity contribution >= 4 is 43.5 Å². The molecule has 16 heavy (non-hydrogen) atoms. The molecule has 1 atom stereocenters. The third-order valence-electron chi connectivity index (χ3n) is 2.38. The molecule has 6 heteroatoms. The third-order valence-corrected chi connectivity index (χ3v) is 3.72. The van der Waals surface area contributed by atoms with Crippen LogP contribution in [-0.4, -0.2) is 17.3 Å². The largest absolute Gasteiger partial charge is 0.308 e. The Kier molecular flexibility index (Phi) is 3.30. The van der Waals surface area contributed by atoms with Crippen molar-refractivity contribution in [1.82, 2.24) is 0 Å². The van der Waals surface area contributed by atoms with E-state index in [1.54, 1.807) is 0 Å². The molecule has 0 bridgehead atoms. The smallest absolute Gasteiger partial charge is 0.228 e. The van der Waals surface area contributed by atoms with Crippen LogP contribution < -0.4 is 4.90 Å². The van der Waals surface area contributed by atoms with Crippen LogP contribution in [0.25, 0.3) is 0 Å². The average Bonchev–Trinajstić information content (AvgIpc) is 2.55. The van der Waals surface area contributed by atoms with Gasteiger partial charge >= 0.3 is 0 Å². The number of anilines is 1. The second kappa shape index (κ2) is 4.41. The summed E-state index contributed by atoms with van der Waals surface area (Å²) in [6.45, 7) is 0.397. The second-order valence-electron chi connectivity index (χ2n) is 3.50. The first-order valence-electron chi connectivity index (χ1n) is 4.58. The SMILES string of the molecule is O=C1CC(Br)CN1c1ccc(F)c(Br)c1F. The highest BCUT2D eigenvalue weighted by Gasteiger charge is 2.31. The molecule has 0 N–H and O–H groups in total. The Morgan fingerprint density at radius 2 is 2.06 bits per heavy atom. The van der Waals surface area contributed by atoms with E-state index in [4.69, 9.17) is 0 Å². The summed E-state index contributed by atoms with van der Waals surface area (Å²) in [7, 11) is 0. The van der Waals surface area contributed by atoms with Gasteiger partial charge in [0, 0.05) is 17.8 Å². The topological polar surface area (TPSA) is 20.3 Å². The normalized spacial score (nSPS) is 20.6. The summed E-state index contributed by atoms with van der Waals surface area (Å²) in [5.41, 5.74) is 0.111. The number of hydrogen-bond acceptors (Lipinski definition) is 1. The maximum atomic E-state index is 13.7. The van der Waals surface area contributed by atoms with Gasteiger partial charge in [0.25, 0.3) is 0 Å². The molecule has 0 radical (unpaired) electrons. The van der Waals surface area contributed by atoms with Crippen LogP contribution in [-0.2, 0) is 4.79 Å². The fourth-order valence-corrected chi connectivity index (χ4v) is 2.52. The van der Waals surface area contributed by atoms with E-state index in [9.17, 15) is 13.6 Å². The molecule has 1 amide bonds. The number of carbonyl (C=O) groups excluding carboxylic acids is 1. The first kappa shape index (κ1) is 12.0. The van der Waals surface area contributed by atoms with Gasteiger partial charge in [-0.05, 0) is 28.1 Å². The van der Waals surface area contributed by atoms with Crippen molar-refractivity contribution in [3.63, 3.8) is 0 Å². The zero-order valence-electron chi connectivity index (χ0n) is 8.01. The molecule has 1 unspecified atom stereocenters. The number of amides is 1. The molecule has 2 rings (SSSR count). The third kappa shape index (κ3) is 2.00. The maximum Gasteiger partial charge on any atom is 0.228 e. The van der Waals surface area contributed by atoms with Crippen LogP contribution in [0.5, 0.6) is 0 Å². The fraction of sp³-hybridized carbons (Fsp3) is 0.300. The molecular weight excluding hydrogens is 348 g/mol. The van der Waals surface area contributed by atoms with Crippen molar-refractivity contribution in [3.05, 3.63) is 28.2 Å². The number of halogens is 4. The van der Waals surface area contributed by atoms with Crippen LogP contribution in [0.2, 0.25) is 0 Å². The van der Waals surface area contributed by atoms with Crippen LogP contribution in [0.3, 0.4) is 0 Å². The molecular formula is C10H7Br2F2NO. The number of benzene rings is 1. The molecule has 0 spiro atoms. The zero-order valence-corrected chi connectivity index (χ0v) is 11.2. The number of nitrogens with zero attached hydrogens (tertiary/aromatic N) is 1. The van der Waals surface area contributed by atoms with Crippen molar-refractivity contribution in [2.24, 2.45) is 0 Å². The van der Waals surface area contributed by atoms with Crippen LogP contribution >= 0.6 is 31.9 Å². The van der Waals surface area contributed by atoms with E-state index in [1.807, 2.05) is 0 Å². The number of rotatable bonds is 1. The lowest BCUT2D eigenvalue weighted by molar-refractivity contribution is -0.117. The Labute approximate surface area is 108 Å². The molecule has 0 saturated carbocycles. The average molecular weight is 355 g/mol. The summed E-state index contributed by atoms with van der Waals surface area (Å²) in [5.74, 6) is -1.59. The summed E-state index contributed by atoms with van der Waals surface area (Å²) >= 11 is 6.12. The molecule has 1 heterocycles. The van der Waals surface area contributed by atoms with Gasteiger partial charge < -0.3 is 4.90 Å². The summed E-state index contributed by atoms with van der Waals surface area (Å²) in [6.07, 6.45) is 0.328.